The summed E-state index contributed by atoms with van der Waals surface area (Å²) in [5.41, 5.74) is 2.20. The molecule has 0 saturated heterocycles. The maximum Gasteiger partial charge on any atom is 0.123 e. The SMILES string of the molecule is CCCCN(c1ccc(F)cc1CBr)C(C)CC. The predicted molar refractivity (Wildman–Crippen MR) is 81.0 cm³/mol. The summed E-state index contributed by atoms with van der Waals surface area (Å²) in [5, 5.41) is 0.694. The Balaban J connectivity index is 3.03. The lowest BCUT2D eigenvalue weighted by Crippen LogP contribution is -2.34. The van der Waals surface area contributed by atoms with Crippen molar-refractivity contribution in [1.82, 2.24) is 0 Å². The third-order valence-electron chi connectivity index (χ3n) is 3.37. The fourth-order valence-corrected chi connectivity index (χ4v) is 2.52. The molecule has 1 rings (SSSR count). The first kappa shape index (κ1) is 15.5. The fourth-order valence-electron chi connectivity index (χ4n) is 2.07. The van der Waals surface area contributed by atoms with Crippen molar-refractivity contribution in [3.05, 3.63) is 29.6 Å². The molecule has 0 radical (unpaired) electrons. The molecule has 0 aliphatic rings. The smallest absolute Gasteiger partial charge is 0.123 e. The Kier molecular flexibility index (Phi) is 6.69. The van der Waals surface area contributed by atoms with Crippen molar-refractivity contribution in [3.63, 3.8) is 0 Å². The zero-order chi connectivity index (χ0) is 13.5. The third kappa shape index (κ3) is 3.98. The van der Waals surface area contributed by atoms with Crippen LogP contribution in [0.5, 0.6) is 0 Å². The van der Waals surface area contributed by atoms with Crippen LogP contribution in [0.3, 0.4) is 0 Å². The first-order valence-electron chi connectivity index (χ1n) is 6.75. The van der Waals surface area contributed by atoms with Gasteiger partial charge in [-0.15, -0.1) is 0 Å². The van der Waals surface area contributed by atoms with E-state index in [0.717, 1.165) is 24.2 Å². The monoisotopic (exact) mass is 315 g/mol. The highest BCUT2D eigenvalue weighted by molar-refractivity contribution is 9.08. The topological polar surface area (TPSA) is 3.24 Å². The molecule has 0 fully saturated rings. The first-order chi connectivity index (χ1) is 8.63. The standard InChI is InChI=1S/C15H23BrFN/c1-4-6-9-18(12(3)5-2)15-8-7-14(17)10-13(15)11-16/h7-8,10,12H,4-6,9,11H2,1-3H3. The van der Waals surface area contributed by atoms with Crippen molar-refractivity contribution in [3.8, 4) is 0 Å². The van der Waals surface area contributed by atoms with Gasteiger partial charge in [-0.2, -0.15) is 0 Å². The predicted octanol–water partition coefficient (Wildman–Crippen LogP) is 5.13. The zero-order valence-electron chi connectivity index (χ0n) is 11.5. The summed E-state index contributed by atoms with van der Waals surface area (Å²) in [7, 11) is 0. The largest absolute Gasteiger partial charge is 0.369 e. The highest BCUT2D eigenvalue weighted by Crippen LogP contribution is 2.27. The van der Waals surface area contributed by atoms with Gasteiger partial charge in [-0.05, 0) is 43.5 Å². The number of alkyl halides is 1. The molecular weight excluding hydrogens is 293 g/mol. The van der Waals surface area contributed by atoms with E-state index in [1.54, 1.807) is 12.1 Å². The maximum atomic E-state index is 13.3. The van der Waals surface area contributed by atoms with Gasteiger partial charge in [-0.25, -0.2) is 4.39 Å². The molecule has 1 unspecified atom stereocenters. The first-order valence-corrected chi connectivity index (χ1v) is 7.87. The lowest BCUT2D eigenvalue weighted by molar-refractivity contribution is 0.591. The Morgan fingerprint density at radius 2 is 2.06 bits per heavy atom. The molecule has 0 spiro atoms. The van der Waals surface area contributed by atoms with Gasteiger partial charge < -0.3 is 4.90 Å². The van der Waals surface area contributed by atoms with E-state index in [1.807, 2.05) is 6.07 Å². The summed E-state index contributed by atoms with van der Waals surface area (Å²) in [6.45, 7) is 7.67. The van der Waals surface area contributed by atoms with E-state index < -0.39 is 0 Å². The molecule has 0 N–H and O–H groups in total. The van der Waals surface area contributed by atoms with Crippen molar-refractivity contribution >= 4 is 21.6 Å². The van der Waals surface area contributed by atoms with Gasteiger partial charge in [-0.1, -0.05) is 36.2 Å². The number of benzene rings is 1. The van der Waals surface area contributed by atoms with Crippen molar-refractivity contribution in [2.24, 2.45) is 0 Å². The Morgan fingerprint density at radius 1 is 1.33 bits per heavy atom. The molecule has 1 aromatic carbocycles. The van der Waals surface area contributed by atoms with Gasteiger partial charge in [0.25, 0.3) is 0 Å². The average Bonchev–Trinajstić information content (AvgIpc) is 2.39. The number of unbranched alkanes of at least 4 members (excludes halogenated alkanes) is 1. The van der Waals surface area contributed by atoms with Gasteiger partial charge in [0.2, 0.25) is 0 Å². The molecule has 0 amide bonds. The van der Waals surface area contributed by atoms with Crippen LogP contribution in [0.15, 0.2) is 18.2 Å². The van der Waals surface area contributed by atoms with E-state index in [9.17, 15) is 4.39 Å². The molecule has 0 heterocycles. The Hall–Kier alpha value is -0.570. The van der Waals surface area contributed by atoms with Crippen molar-refractivity contribution in [1.29, 1.82) is 0 Å². The molecular formula is C15H23BrFN. The van der Waals surface area contributed by atoms with E-state index in [4.69, 9.17) is 0 Å². The number of hydrogen-bond donors (Lipinski definition) is 0. The van der Waals surface area contributed by atoms with Gasteiger partial charge in [0.1, 0.15) is 5.82 Å². The van der Waals surface area contributed by atoms with Crippen LogP contribution in [0.25, 0.3) is 0 Å². The summed E-state index contributed by atoms with van der Waals surface area (Å²) < 4.78 is 13.3. The third-order valence-corrected chi connectivity index (χ3v) is 3.97. The van der Waals surface area contributed by atoms with Gasteiger partial charge in [0.05, 0.1) is 0 Å². The minimum absolute atomic E-state index is 0.159. The molecule has 0 aliphatic carbocycles. The Morgan fingerprint density at radius 3 is 2.61 bits per heavy atom. The van der Waals surface area contributed by atoms with E-state index in [2.05, 4.69) is 41.6 Å². The van der Waals surface area contributed by atoms with E-state index >= 15 is 0 Å². The lowest BCUT2D eigenvalue weighted by Gasteiger charge is -2.32. The van der Waals surface area contributed by atoms with Crippen LogP contribution in [0, 0.1) is 5.82 Å². The number of nitrogens with zero attached hydrogens (tertiary/aromatic N) is 1. The average molecular weight is 316 g/mol. The molecule has 0 bridgehead atoms. The Bertz CT molecular complexity index is 368. The highest BCUT2D eigenvalue weighted by atomic mass is 79.9. The van der Waals surface area contributed by atoms with Crippen LogP contribution in [0.4, 0.5) is 10.1 Å². The summed E-state index contributed by atoms with van der Waals surface area (Å²) in [6.07, 6.45) is 3.45. The van der Waals surface area contributed by atoms with E-state index in [1.165, 1.54) is 12.8 Å². The molecule has 0 aromatic heterocycles. The molecule has 1 atom stereocenters. The summed E-state index contributed by atoms with van der Waals surface area (Å²) >= 11 is 3.46. The van der Waals surface area contributed by atoms with Crippen LogP contribution in [-0.2, 0) is 5.33 Å². The van der Waals surface area contributed by atoms with E-state index in [0.29, 0.717) is 11.4 Å². The second-order valence-corrected chi connectivity index (χ2v) is 5.27. The molecule has 1 nitrogen and oxygen atoms in total. The number of halogens is 2. The van der Waals surface area contributed by atoms with Crippen molar-refractivity contribution in [2.45, 2.75) is 51.4 Å². The summed E-state index contributed by atoms with van der Waals surface area (Å²) in [4.78, 5) is 2.40. The molecule has 102 valence electrons. The van der Waals surface area contributed by atoms with Gasteiger partial charge >= 0.3 is 0 Å². The molecule has 1 aromatic rings. The number of rotatable bonds is 7. The highest BCUT2D eigenvalue weighted by Gasteiger charge is 2.15. The van der Waals surface area contributed by atoms with Crippen LogP contribution < -0.4 is 4.90 Å². The molecule has 0 aliphatic heterocycles. The molecule has 3 heteroatoms. The Labute approximate surface area is 119 Å². The quantitative estimate of drug-likeness (QED) is 0.631. The van der Waals surface area contributed by atoms with Gasteiger partial charge in [0.15, 0.2) is 0 Å². The number of anilines is 1. The van der Waals surface area contributed by atoms with Gasteiger partial charge in [0, 0.05) is 23.6 Å². The van der Waals surface area contributed by atoms with Crippen molar-refractivity contribution < 1.29 is 4.39 Å². The lowest BCUT2D eigenvalue weighted by atomic mass is 10.1. The summed E-state index contributed by atoms with van der Waals surface area (Å²) in [5.74, 6) is -0.159. The minimum atomic E-state index is -0.159. The maximum absolute atomic E-state index is 13.3. The van der Waals surface area contributed by atoms with Crippen molar-refractivity contribution in [2.75, 3.05) is 11.4 Å². The normalized spacial score (nSPS) is 12.5. The van der Waals surface area contributed by atoms with Crippen LogP contribution in [0.2, 0.25) is 0 Å². The van der Waals surface area contributed by atoms with Crippen LogP contribution in [-0.4, -0.2) is 12.6 Å². The second kappa shape index (κ2) is 7.78. The zero-order valence-corrected chi connectivity index (χ0v) is 13.1. The minimum Gasteiger partial charge on any atom is -0.369 e. The van der Waals surface area contributed by atoms with E-state index in [-0.39, 0.29) is 5.82 Å². The molecule has 0 saturated carbocycles. The fraction of sp³-hybridized carbons (Fsp3) is 0.600. The van der Waals surface area contributed by atoms with Crippen LogP contribution in [0.1, 0.15) is 45.6 Å². The molecule has 18 heavy (non-hydrogen) atoms. The second-order valence-electron chi connectivity index (χ2n) is 4.71. The number of hydrogen-bond acceptors (Lipinski definition) is 1. The van der Waals surface area contributed by atoms with Gasteiger partial charge in [-0.3, -0.25) is 0 Å². The summed E-state index contributed by atoms with van der Waals surface area (Å²) in [6, 6.07) is 5.59. The van der Waals surface area contributed by atoms with Crippen LogP contribution >= 0.6 is 15.9 Å².